The lowest BCUT2D eigenvalue weighted by Crippen LogP contribution is -2.30. The molecule has 28 heavy (non-hydrogen) atoms. The number of hydrogen-bond acceptors (Lipinski definition) is 5. The molecule has 0 radical (unpaired) electrons. The summed E-state index contributed by atoms with van der Waals surface area (Å²) in [4.78, 5) is 38.4. The zero-order valence-electron chi connectivity index (χ0n) is 15.2. The van der Waals surface area contributed by atoms with E-state index in [2.05, 4.69) is 15.6 Å². The number of amides is 2. The van der Waals surface area contributed by atoms with Gasteiger partial charge in [0.25, 0.3) is 11.8 Å². The lowest BCUT2D eigenvalue weighted by Gasteiger charge is -2.08. The van der Waals surface area contributed by atoms with E-state index in [4.69, 9.17) is 9.84 Å². The normalized spacial score (nSPS) is 12.9. The lowest BCUT2D eigenvalue weighted by molar-refractivity contribution is -0.123. The molecule has 8 heteroatoms. The van der Waals surface area contributed by atoms with Crippen LogP contribution in [0.3, 0.4) is 0 Å². The molecule has 1 aliphatic carbocycles. The second-order valence-corrected chi connectivity index (χ2v) is 6.49. The molecule has 2 aromatic rings. The first kappa shape index (κ1) is 19.3. The minimum Gasteiger partial charge on any atom is -0.484 e. The largest absolute Gasteiger partial charge is 0.484 e. The number of carbonyl (C=O) groups is 3. The summed E-state index contributed by atoms with van der Waals surface area (Å²) in [7, 11) is 0. The SMILES string of the molecule is O=C(COc1ccc(CCNC(=O)c2cccc(C(=O)O)n2)cc1)NC1CC1. The van der Waals surface area contributed by atoms with E-state index in [9.17, 15) is 14.4 Å². The van der Waals surface area contributed by atoms with Crippen molar-refractivity contribution in [3.8, 4) is 5.75 Å². The standard InChI is InChI=1S/C20H21N3O5/c24-18(22-14-6-7-14)12-28-15-8-4-13(5-9-15)10-11-21-19(25)16-2-1-3-17(23-16)20(26)27/h1-5,8-9,14H,6-7,10-12H2,(H,21,25)(H,22,24)(H,26,27). The van der Waals surface area contributed by atoms with Crippen molar-refractivity contribution in [1.29, 1.82) is 0 Å². The Morgan fingerprint density at radius 1 is 1.07 bits per heavy atom. The van der Waals surface area contributed by atoms with E-state index in [0.717, 1.165) is 18.4 Å². The molecule has 1 fully saturated rings. The molecule has 1 aliphatic rings. The first-order valence-electron chi connectivity index (χ1n) is 9.01. The van der Waals surface area contributed by atoms with Crippen molar-refractivity contribution in [2.24, 2.45) is 0 Å². The maximum atomic E-state index is 12.1. The van der Waals surface area contributed by atoms with Crippen LogP contribution < -0.4 is 15.4 Å². The predicted molar refractivity (Wildman–Crippen MR) is 100 cm³/mol. The Morgan fingerprint density at radius 3 is 2.46 bits per heavy atom. The zero-order valence-corrected chi connectivity index (χ0v) is 15.2. The van der Waals surface area contributed by atoms with Crippen molar-refractivity contribution in [1.82, 2.24) is 15.6 Å². The number of nitrogens with zero attached hydrogens (tertiary/aromatic N) is 1. The van der Waals surface area contributed by atoms with Gasteiger partial charge in [-0.25, -0.2) is 9.78 Å². The Labute approximate surface area is 161 Å². The van der Waals surface area contributed by atoms with E-state index in [0.29, 0.717) is 24.8 Å². The van der Waals surface area contributed by atoms with E-state index < -0.39 is 11.9 Å². The van der Waals surface area contributed by atoms with Crippen LogP contribution in [0.2, 0.25) is 0 Å². The van der Waals surface area contributed by atoms with Crippen molar-refractivity contribution < 1.29 is 24.2 Å². The number of benzene rings is 1. The van der Waals surface area contributed by atoms with E-state index in [1.54, 1.807) is 12.1 Å². The van der Waals surface area contributed by atoms with Crippen molar-refractivity contribution in [3.05, 3.63) is 59.4 Å². The van der Waals surface area contributed by atoms with Gasteiger partial charge in [0.2, 0.25) is 0 Å². The fourth-order valence-electron chi connectivity index (χ4n) is 2.49. The predicted octanol–water partition coefficient (Wildman–Crippen LogP) is 1.41. The Kier molecular flexibility index (Phi) is 6.21. The van der Waals surface area contributed by atoms with Gasteiger partial charge in [-0.3, -0.25) is 9.59 Å². The van der Waals surface area contributed by atoms with Crippen LogP contribution in [0.5, 0.6) is 5.75 Å². The maximum Gasteiger partial charge on any atom is 0.354 e. The third-order valence-corrected chi connectivity index (χ3v) is 4.14. The molecule has 1 saturated carbocycles. The molecule has 0 unspecified atom stereocenters. The molecule has 3 N–H and O–H groups in total. The molecule has 0 spiro atoms. The van der Waals surface area contributed by atoms with Gasteiger partial charge in [0.05, 0.1) is 0 Å². The van der Waals surface area contributed by atoms with Crippen molar-refractivity contribution in [2.75, 3.05) is 13.2 Å². The smallest absolute Gasteiger partial charge is 0.354 e. The molecule has 2 amide bonds. The number of carboxylic acid groups (broad SMARTS) is 1. The Hall–Kier alpha value is -3.42. The van der Waals surface area contributed by atoms with Gasteiger partial charge < -0.3 is 20.5 Å². The molecule has 0 atom stereocenters. The number of rotatable bonds is 9. The number of aromatic carboxylic acids is 1. The molecular weight excluding hydrogens is 362 g/mol. The minimum atomic E-state index is -1.18. The average molecular weight is 383 g/mol. The van der Waals surface area contributed by atoms with Crippen molar-refractivity contribution in [3.63, 3.8) is 0 Å². The summed E-state index contributed by atoms with van der Waals surface area (Å²) in [6, 6.07) is 11.9. The van der Waals surface area contributed by atoms with Crippen LogP contribution in [0.4, 0.5) is 0 Å². The number of hydrogen-bond donors (Lipinski definition) is 3. The minimum absolute atomic E-state index is 0.00564. The summed E-state index contributed by atoms with van der Waals surface area (Å²) in [5, 5.41) is 14.5. The molecule has 1 aromatic carbocycles. The summed E-state index contributed by atoms with van der Waals surface area (Å²) in [5.74, 6) is -1.12. The first-order chi connectivity index (χ1) is 13.5. The molecule has 8 nitrogen and oxygen atoms in total. The molecular formula is C20H21N3O5. The highest BCUT2D eigenvalue weighted by Gasteiger charge is 2.23. The summed E-state index contributed by atoms with van der Waals surface area (Å²) in [5.41, 5.74) is 0.879. The molecule has 1 aromatic heterocycles. The third-order valence-electron chi connectivity index (χ3n) is 4.14. The van der Waals surface area contributed by atoms with Crippen LogP contribution in [-0.4, -0.2) is 47.1 Å². The van der Waals surface area contributed by atoms with Gasteiger partial charge in [-0.15, -0.1) is 0 Å². The van der Waals surface area contributed by atoms with Gasteiger partial charge in [0, 0.05) is 12.6 Å². The monoisotopic (exact) mass is 383 g/mol. The first-order valence-corrected chi connectivity index (χ1v) is 9.01. The van der Waals surface area contributed by atoms with E-state index >= 15 is 0 Å². The van der Waals surface area contributed by atoms with Gasteiger partial charge in [-0.1, -0.05) is 18.2 Å². The zero-order chi connectivity index (χ0) is 19.9. The molecule has 0 saturated heterocycles. The van der Waals surface area contributed by atoms with E-state index in [-0.39, 0.29) is 23.9 Å². The number of aromatic nitrogens is 1. The van der Waals surface area contributed by atoms with E-state index in [1.165, 1.54) is 18.2 Å². The molecule has 3 rings (SSSR count). The van der Waals surface area contributed by atoms with Gasteiger partial charge in [0.1, 0.15) is 17.1 Å². The Bertz CT molecular complexity index is 862. The summed E-state index contributed by atoms with van der Waals surface area (Å²) in [6.07, 6.45) is 2.67. The topological polar surface area (TPSA) is 118 Å². The van der Waals surface area contributed by atoms with Crippen LogP contribution in [0, 0.1) is 0 Å². The highest BCUT2D eigenvalue weighted by Crippen LogP contribution is 2.18. The number of nitrogens with one attached hydrogen (secondary N) is 2. The quantitative estimate of drug-likeness (QED) is 0.603. The number of ether oxygens (including phenoxy) is 1. The van der Waals surface area contributed by atoms with Gasteiger partial charge in [-0.2, -0.15) is 0 Å². The van der Waals surface area contributed by atoms with Crippen LogP contribution in [-0.2, 0) is 11.2 Å². The Balaban J connectivity index is 1.41. The summed E-state index contributed by atoms with van der Waals surface area (Å²) < 4.78 is 5.44. The van der Waals surface area contributed by atoms with Crippen molar-refractivity contribution in [2.45, 2.75) is 25.3 Å². The molecule has 146 valence electrons. The van der Waals surface area contributed by atoms with Crippen LogP contribution in [0.15, 0.2) is 42.5 Å². The van der Waals surface area contributed by atoms with E-state index in [1.807, 2.05) is 12.1 Å². The number of carboxylic acids is 1. The van der Waals surface area contributed by atoms with Gasteiger partial charge in [0.15, 0.2) is 6.61 Å². The fourth-order valence-corrected chi connectivity index (χ4v) is 2.49. The molecule has 0 bridgehead atoms. The summed E-state index contributed by atoms with van der Waals surface area (Å²) in [6.45, 7) is 0.371. The van der Waals surface area contributed by atoms with Crippen LogP contribution in [0.1, 0.15) is 39.4 Å². The second-order valence-electron chi connectivity index (χ2n) is 6.49. The number of pyridine rings is 1. The molecule has 0 aliphatic heterocycles. The van der Waals surface area contributed by atoms with Crippen LogP contribution in [0.25, 0.3) is 0 Å². The Morgan fingerprint density at radius 2 is 1.79 bits per heavy atom. The van der Waals surface area contributed by atoms with Gasteiger partial charge >= 0.3 is 5.97 Å². The maximum absolute atomic E-state index is 12.1. The van der Waals surface area contributed by atoms with Crippen molar-refractivity contribution >= 4 is 17.8 Å². The molecule has 1 heterocycles. The fraction of sp³-hybridized carbons (Fsp3) is 0.300. The number of carbonyl (C=O) groups excluding carboxylic acids is 2. The van der Waals surface area contributed by atoms with Gasteiger partial charge in [-0.05, 0) is 49.1 Å². The van der Waals surface area contributed by atoms with Crippen LogP contribution >= 0.6 is 0 Å². The summed E-state index contributed by atoms with van der Waals surface area (Å²) >= 11 is 0. The third kappa shape index (κ3) is 5.80. The average Bonchev–Trinajstić information content (AvgIpc) is 3.51. The highest BCUT2D eigenvalue weighted by molar-refractivity contribution is 5.94. The highest BCUT2D eigenvalue weighted by atomic mass is 16.5. The lowest BCUT2D eigenvalue weighted by atomic mass is 10.1. The second kappa shape index (κ2) is 8.98.